The van der Waals surface area contributed by atoms with E-state index in [1.165, 1.54) is 24.3 Å². The van der Waals surface area contributed by atoms with Crippen molar-refractivity contribution in [3.05, 3.63) is 106 Å². The third-order valence-electron chi connectivity index (χ3n) is 7.96. The Hall–Kier alpha value is -3.42. The summed E-state index contributed by atoms with van der Waals surface area (Å²) in [7, 11) is 0. The topological polar surface area (TPSA) is 18.5 Å². The van der Waals surface area contributed by atoms with E-state index in [9.17, 15) is 22.0 Å². The minimum atomic E-state index is -1.27. The molecule has 0 aliphatic heterocycles. The predicted molar refractivity (Wildman–Crippen MR) is 151 cm³/mol. The van der Waals surface area contributed by atoms with E-state index in [0.29, 0.717) is 56.1 Å². The standard InChI is InChI=1S/C34H36F6O2/c1-3-5-7-8-23-13-15-25(31(37)29(23)35)21-9-11-22(12-10-21)26-16-14-24(30(36)32(26)38)20-42-28-18-17-27(33(39)34(28)40)41-19-6-4-2/h3,5,13-18,21-22H,4,6-12,19-20H2,1-2H3. The van der Waals surface area contributed by atoms with E-state index < -0.39 is 47.3 Å². The molecule has 0 heterocycles. The molecule has 0 spiro atoms. The van der Waals surface area contributed by atoms with Crippen molar-refractivity contribution in [2.75, 3.05) is 6.61 Å². The molecule has 4 rings (SSSR count). The highest BCUT2D eigenvalue weighted by Gasteiger charge is 2.29. The maximum Gasteiger partial charge on any atom is 0.204 e. The summed E-state index contributed by atoms with van der Waals surface area (Å²) in [6.45, 7) is 3.55. The molecule has 0 amide bonds. The first kappa shape index (κ1) is 31.5. The first-order chi connectivity index (χ1) is 20.3. The van der Waals surface area contributed by atoms with Crippen molar-refractivity contribution in [3.8, 4) is 11.5 Å². The Kier molecular flexibility index (Phi) is 11.0. The van der Waals surface area contributed by atoms with Gasteiger partial charge in [0.25, 0.3) is 0 Å². The summed E-state index contributed by atoms with van der Waals surface area (Å²) in [5.74, 6) is -7.42. The maximum absolute atomic E-state index is 15.1. The monoisotopic (exact) mass is 590 g/mol. The molecule has 226 valence electrons. The second-order valence-corrected chi connectivity index (χ2v) is 10.7. The smallest absolute Gasteiger partial charge is 0.204 e. The summed E-state index contributed by atoms with van der Waals surface area (Å²) in [5, 5.41) is 0. The summed E-state index contributed by atoms with van der Waals surface area (Å²) in [4.78, 5) is 0. The number of ether oxygens (including phenoxy) is 2. The molecule has 1 saturated carbocycles. The van der Waals surface area contributed by atoms with Crippen molar-refractivity contribution in [2.45, 2.75) is 83.7 Å². The van der Waals surface area contributed by atoms with E-state index in [4.69, 9.17) is 9.47 Å². The van der Waals surface area contributed by atoms with Gasteiger partial charge in [0, 0.05) is 5.56 Å². The normalized spacial score (nSPS) is 17.1. The van der Waals surface area contributed by atoms with Crippen LogP contribution in [0.3, 0.4) is 0 Å². The molecule has 1 fully saturated rings. The Balaban J connectivity index is 1.38. The molecule has 0 aromatic heterocycles. The molecule has 0 N–H and O–H groups in total. The van der Waals surface area contributed by atoms with Gasteiger partial charge in [-0.05, 0) is 92.5 Å². The molecule has 0 radical (unpaired) electrons. The summed E-state index contributed by atoms with van der Waals surface area (Å²) >= 11 is 0. The van der Waals surface area contributed by atoms with Crippen LogP contribution in [0.25, 0.3) is 0 Å². The minimum absolute atomic E-state index is 0.139. The average Bonchev–Trinajstić information content (AvgIpc) is 2.99. The molecule has 0 bridgehead atoms. The molecule has 0 unspecified atom stereocenters. The van der Waals surface area contributed by atoms with Gasteiger partial charge in [0.2, 0.25) is 11.6 Å². The van der Waals surface area contributed by atoms with Gasteiger partial charge in [0.05, 0.1) is 6.61 Å². The summed E-state index contributed by atoms with van der Waals surface area (Å²) in [5.41, 5.74) is 0.724. The van der Waals surface area contributed by atoms with Crippen molar-refractivity contribution < 1.29 is 35.8 Å². The predicted octanol–water partition coefficient (Wildman–Crippen LogP) is 10.2. The third-order valence-corrected chi connectivity index (χ3v) is 7.96. The highest BCUT2D eigenvalue weighted by atomic mass is 19.2. The lowest BCUT2D eigenvalue weighted by Gasteiger charge is -2.30. The van der Waals surface area contributed by atoms with Gasteiger partial charge in [-0.25, -0.2) is 17.6 Å². The number of halogens is 6. The largest absolute Gasteiger partial charge is 0.490 e. The van der Waals surface area contributed by atoms with Crippen molar-refractivity contribution in [1.82, 2.24) is 0 Å². The van der Waals surface area contributed by atoms with Crippen LogP contribution in [0.15, 0.2) is 48.6 Å². The van der Waals surface area contributed by atoms with Crippen LogP contribution in [0.4, 0.5) is 26.3 Å². The van der Waals surface area contributed by atoms with E-state index in [-0.39, 0.29) is 35.3 Å². The van der Waals surface area contributed by atoms with E-state index in [1.807, 2.05) is 26.0 Å². The number of hydrogen-bond donors (Lipinski definition) is 0. The number of benzene rings is 3. The van der Waals surface area contributed by atoms with Crippen LogP contribution in [0.2, 0.25) is 0 Å². The molecule has 3 aromatic carbocycles. The van der Waals surface area contributed by atoms with E-state index in [2.05, 4.69) is 0 Å². The van der Waals surface area contributed by atoms with E-state index >= 15 is 4.39 Å². The quantitative estimate of drug-likeness (QED) is 0.119. The maximum atomic E-state index is 15.1. The van der Waals surface area contributed by atoms with Crippen LogP contribution in [0, 0.1) is 34.9 Å². The fraction of sp³-hybridized carbons (Fsp3) is 0.412. The SMILES string of the molecule is CC=CCCc1ccc(C2CCC(c3ccc(COc4ccc(OCCCC)c(F)c4F)c(F)c3F)CC2)c(F)c1F. The highest BCUT2D eigenvalue weighted by molar-refractivity contribution is 5.36. The van der Waals surface area contributed by atoms with Crippen molar-refractivity contribution in [3.63, 3.8) is 0 Å². The zero-order valence-corrected chi connectivity index (χ0v) is 23.9. The molecular weight excluding hydrogens is 554 g/mol. The molecule has 1 aliphatic rings. The summed E-state index contributed by atoms with van der Waals surface area (Å²) in [6.07, 6.45) is 8.31. The fourth-order valence-electron chi connectivity index (χ4n) is 5.48. The zero-order valence-electron chi connectivity index (χ0n) is 23.9. The Morgan fingerprint density at radius 2 is 1.19 bits per heavy atom. The lowest BCUT2D eigenvalue weighted by molar-refractivity contribution is 0.263. The average molecular weight is 591 g/mol. The highest BCUT2D eigenvalue weighted by Crippen LogP contribution is 2.43. The summed E-state index contributed by atoms with van der Waals surface area (Å²) in [6, 6.07) is 8.55. The van der Waals surface area contributed by atoms with Crippen LogP contribution in [-0.4, -0.2) is 6.61 Å². The molecule has 2 nitrogen and oxygen atoms in total. The molecule has 0 saturated heterocycles. The number of rotatable bonds is 12. The Morgan fingerprint density at radius 1 is 0.667 bits per heavy atom. The summed E-state index contributed by atoms with van der Waals surface area (Å²) < 4.78 is 98.9. The lowest BCUT2D eigenvalue weighted by Crippen LogP contribution is -2.16. The number of hydrogen-bond acceptors (Lipinski definition) is 2. The minimum Gasteiger partial charge on any atom is -0.490 e. The second-order valence-electron chi connectivity index (χ2n) is 10.7. The zero-order chi connectivity index (χ0) is 30.2. The number of allylic oxidation sites excluding steroid dienone is 2. The van der Waals surface area contributed by atoms with Gasteiger partial charge in [-0.3, -0.25) is 0 Å². The fourth-order valence-corrected chi connectivity index (χ4v) is 5.48. The van der Waals surface area contributed by atoms with Crippen LogP contribution in [-0.2, 0) is 13.0 Å². The Bertz CT molecular complexity index is 1400. The van der Waals surface area contributed by atoms with Crippen molar-refractivity contribution in [1.29, 1.82) is 0 Å². The van der Waals surface area contributed by atoms with Gasteiger partial charge in [0.15, 0.2) is 34.8 Å². The lowest BCUT2D eigenvalue weighted by atomic mass is 9.75. The van der Waals surface area contributed by atoms with Crippen LogP contribution < -0.4 is 9.47 Å². The second kappa shape index (κ2) is 14.7. The number of unbranched alkanes of at least 4 members (excludes halogenated alkanes) is 1. The first-order valence-electron chi connectivity index (χ1n) is 14.5. The van der Waals surface area contributed by atoms with Crippen LogP contribution in [0.1, 0.15) is 92.9 Å². The molecule has 0 atom stereocenters. The van der Waals surface area contributed by atoms with Gasteiger partial charge >= 0.3 is 0 Å². The van der Waals surface area contributed by atoms with Crippen molar-refractivity contribution in [2.24, 2.45) is 0 Å². The van der Waals surface area contributed by atoms with Gasteiger partial charge in [-0.15, -0.1) is 0 Å². The van der Waals surface area contributed by atoms with Crippen LogP contribution in [0.5, 0.6) is 11.5 Å². The molecular formula is C34H36F6O2. The third kappa shape index (κ3) is 7.13. The molecule has 3 aromatic rings. The molecule has 42 heavy (non-hydrogen) atoms. The van der Waals surface area contributed by atoms with E-state index in [1.54, 1.807) is 12.1 Å². The molecule has 1 aliphatic carbocycles. The Morgan fingerprint density at radius 3 is 1.74 bits per heavy atom. The van der Waals surface area contributed by atoms with Crippen molar-refractivity contribution >= 4 is 0 Å². The van der Waals surface area contributed by atoms with Gasteiger partial charge < -0.3 is 9.47 Å². The Labute approximate surface area is 243 Å². The van der Waals surface area contributed by atoms with Gasteiger partial charge in [0.1, 0.15) is 6.61 Å². The van der Waals surface area contributed by atoms with Gasteiger partial charge in [-0.1, -0.05) is 49.8 Å². The number of aryl methyl sites for hydroxylation is 1. The first-order valence-corrected chi connectivity index (χ1v) is 14.5. The molecule has 8 heteroatoms. The van der Waals surface area contributed by atoms with Gasteiger partial charge in [-0.2, -0.15) is 8.78 Å². The van der Waals surface area contributed by atoms with Crippen LogP contribution >= 0.6 is 0 Å². The van der Waals surface area contributed by atoms with E-state index in [0.717, 1.165) is 6.42 Å².